The van der Waals surface area contributed by atoms with Crippen molar-refractivity contribution in [2.45, 2.75) is 25.0 Å². The summed E-state index contributed by atoms with van der Waals surface area (Å²) in [6, 6.07) is 6.83. The third-order valence-corrected chi connectivity index (χ3v) is 3.66. The number of rotatable bonds is 2. The van der Waals surface area contributed by atoms with Crippen LogP contribution >= 0.6 is 0 Å². The van der Waals surface area contributed by atoms with E-state index >= 15 is 0 Å². The van der Waals surface area contributed by atoms with Gasteiger partial charge in [0.15, 0.2) is 0 Å². The summed E-state index contributed by atoms with van der Waals surface area (Å²) in [7, 11) is 0. The van der Waals surface area contributed by atoms with E-state index in [1.54, 1.807) is 0 Å². The summed E-state index contributed by atoms with van der Waals surface area (Å²) in [6.07, 6.45) is 1.59. The zero-order valence-electron chi connectivity index (χ0n) is 11.5. The van der Waals surface area contributed by atoms with Gasteiger partial charge < -0.3 is 33.1 Å². The van der Waals surface area contributed by atoms with Gasteiger partial charge in [-0.1, -0.05) is 0 Å². The molecule has 2 aliphatic rings. The van der Waals surface area contributed by atoms with Crippen LogP contribution < -0.4 is 9.47 Å². The van der Waals surface area contributed by atoms with Crippen molar-refractivity contribution in [2.75, 3.05) is 26.2 Å². The Bertz CT molecular complexity index is 447. The average Bonchev–Trinajstić information content (AvgIpc) is 2.41. The fourth-order valence-corrected chi connectivity index (χ4v) is 2.57. The van der Waals surface area contributed by atoms with Gasteiger partial charge in [0.05, 0.1) is 6.10 Å². The minimum Gasteiger partial charge on any atom is -0.508 e. The molecule has 1 N–H and O–H groups in total. The molecule has 5 heteroatoms. The zero-order valence-corrected chi connectivity index (χ0v) is 14.4. The number of piperidine rings is 1. The number of benzene rings is 1. The van der Waals surface area contributed by atoms with Crippen LogP contribution in [0.3, 0.4) is 0 Å². The van der Waals surface area contributed by atoms with Crippen molar-refractivity contribution < 1.29 is 47.3 Å². The number of nitrogens with zero attached hydrogens (tertiary/aromatic N) is 1. The topological polar surface area (TPSA) is 41.9 Å². The van der Waals surface area contributed by atoms with E-state index in [4.69, 9.17) is 9.47 Å². The monoisotopic (exact) mass is 350 g/mol. The van der Waals surface area contributed by atoms with Crippen LogP contribution in [0.25, 0.3) is 0 Å². The second-order valence-corrected chi connectivity index (χ2v) is 5.26. The summed E-state index contributed by atoms with van der Waals surface area (Å²) < 4.78 is 11.6. The molecule has 0 aliphatic carbocycles. The SMILES string of the molecule is [CH2-]c1[c-]c2c(cc1)OCC(CN1CCC(O)CC1)O2.[Y]. The number of hydrogen-bond donors (Lipinski definition) is 1. The second-order valence-electron chi connectivity index (χ2n) is 5.26. The fourth-order valence-electron chi connectivity index (χ4n) is 2.57. The van der Waals surface area contributed by atoms with Gasteiger partial charge in [0.25, 0.3) is 0 Å². The Kier molecular flexibility index (Phi) is 5.73. The first-order valence-corrected chi connectivity index (χ1v) is 6.79. The van der Waals surface area contributed by atoms with Crippen molar-refractivity contribution in [1.82, 2.24) is 4.90 Å². The van der Waals surface area contributed by atoms with Crippen molar-refractivity contribution in [1.29, 1.82) is 0 Å². The third kappa shape index (κ3) is 3.88. The van der Waals surface area contributed by atoms with E-state index in [-0.39, 0.29) is 44.9 Å². The molecule has 0 aromatic heterocycles. The minimum atomic E-state index is -0.137. The van der Waals surface area contributed by atoms with Crippen molar-refractivity contribution in [3.8, 4) is 11.5 Å². The maximum Gasteiger partial charge on any atom is 0.142 e. The molecule has 1 unspecified atom stereocenters. The largest absolute Gasteiger partial charge is 0.508 e. The summed E-state index contributed by atoms with van der Waals surface area (Å²) in [4.78, 5) is 2.32. The van der Waals surface area contributed by atoms with Crippen LogP contribution in [0.2, 0.25) is 0 Å². The maximum absolute atomic E-state index is 9.50. The van der Waals surface area contributed by atoms with Crippen molar-refractivity contribution in [2.24, 2.45) is 0 Å². The Morgan fingerprint density at radius 1 is 1.35 bits per heavy atom. The molecule has 1 saturated heterocycles. The molecular formula is C15H19NO3Y-2. The normalized spacial score (nSPS) is 23.1. The zero-order chi connectivity index (χ0) is 13.2. The van der Waals surface area contributed by atoms with Crippen LogP contribution in [0.1, 0.15) is 18.4 Å². The molecule has 107 valence electrons. The van der Waals surface area contributed by atoms with E-state index in [1.807, 2.05) is 12.1 Å². The molecule has 0 bridgehead atoms. The molecule has 1 aromatic rings. The fraction of sp³-hybridized carbons (Fsp3) is 0.533. The standard InChI is InChI=1S/C15H19NO3.Y/c1-11-2-3-14-15(8-11)19-13(10-18-14)9-16-6-4-12(17)5-7-16;/h2-3,12-13,17H,1,4-7,9-10H2;/q-2;. The summed E-state index contributed by atoms with van der Waals surface area (Å²) in [5, 5.41) is 9.50. The minimum absolute atomic E-state index is 0. The smallest absolute Gasteiger partial charge is 0.142 e. The van der Waals surface area contributed by atoms with Crippen LogP contribution in [0.15, 0.2) is 12.1 Å². The first kappa shape index (κ1) is 16.1. The van der Waals surface area contributed by atoms with Crippen LogP contribution in [-0.4, -0.2) is 48.5 Å². The molecule has 0 amide bonds. The molecule has 2 heterocycles. The number of aliphatic hydroxyl groups excluding tert-OH is 1. The predicted molar refractivity (Wildman–Crippen MR) is 71.3 cm³/mol. The number of aliphatic hydroxyl groups is 1. The molecule has 0 spiro atoms. The number of likely N-dealkylation sites (tertiary alicyclic amines) is 1. The van der Waals surface area contributed by atoms with E-state index in [0.717, 1.165) is 43.8 Å². The van der Waals surface area contributed by atoms with Gasteiger partial charge in [-0.3, -0.25) is 11.0 Å². The van der Waals surface area contributed by atoms with Gasteiger partial charge in [-0.05, 0) is 12.8 Å². The van der Waals surface area contributed by atoms with Crippen LogP contribution in [0, 0.1) is 13.0 Å². The Labute approximate surface area is 145 Å². The molecule has 0 saturated carbocycles. The number of ether oxygens (including phenoxy) is 2. The van der Waals surface area contributed by atoms with E-state index < -0.39 is 0 Å². The van der Waals surface area contributed by atoms with Gasteiger partial charge in [-0.2, -0.15) is 0 Å². The summed E-state index contributed by atoms with van der Waals surface area (Å²) in [6.45, 7) is 7.10. The molecule has 2 aliphatic heterocycles. The van der Waals surface area contributed by atoms with Gasteiger partial charge in [-0.25, -0.2) is 0 Å². The van der Waals surface area contributed by atoms with E-state index in [2.05, 4.69) is 17.9 Å². The summed E-state index contributed by atoms with van der Waals surface area (Å²) in [5.41, 5.74) is 0.809. The summed E-state index contributed by atoms with van der Waals surface area (Å²) >= 11 is 0. The maximum atomic E-state index is 9.50. The summed E-state index contributed by atoms with van der Waals surface area (Å²) in [5.74, 6) is 1.42. The quantitative estimate of drug-likeness (QED) is 0.816. The van der Waals surface area contributed by atoms with Gasteiger partial charge in [0.2, 0.25) is 0 Å². The Hall–Kier alpha value is -0.286. The number of hydrogen-bond acceptors (Lipinski definition) is 4. The molecule has 1 atom stereocenters. The van der Waals surface area contributed by atoms with E-state index in [9.17, 15) is 5.11 Å². The van der Waals surface area contributed by atoms with Gasteiger partial charge >= 0.3 is 0 Å². The van der Waals surface area contributed by atoms with Crippen molar-refractivity contribution in [3.63, 3.8) is 0 Å². The van der Waals surface area contributed by atoms with Crippen LogP contribution in [0.5, 0.6) is 11.5 Å². The molecule has 4 nitrogen and oxygen atoms in total. The van der Waals surface area contributed by atoms with E-state index in [0.29, 0.717) is 12.4 Å². The van der Waals surface area contributed by atoms with Crippen molar-refractivity contribution in [3.05, 3.63) is 30.7 Å². The molecule has 1 fully saturated rings. The second kappa shape index (κ2) is 7.12. The van der Waals surface area contributed by atoms with Crippen LogP contribution in [-0.2, 0) is 32.7 Å². The Balaban J connectivity index is 0.00000147. The molecule has 20 heavy (non-hydrogen) atoms. The average molecular weight is 350 g/mol. The predicted octanol–water partition coefficient (Wildman–Crippen LogP) is 1.26. The Morgan fingerprint density at radius 2 is 2.10 bits per heavy atom. The number of fused-ring (bicyclic) bond motifs is 1. The van der Waals surface area contributed by atoms with Crippen LogP contribution in [0.4, 0.5) is 0 Å². The molecule has 1 radical (unpaired) electrons. The van der Waals surface area contributed by atoms with Gasteiger partial charge in [0, 0.05) is 58.1 Å². The van der Waals surface area contributed by atoms with Crippen molar-refractivity contribution >= 4 is 0 Å². The molecular weight excluding hydrogens is 331 g/mol. The third-order valence-electron chi connectivity index (χ3n) is 3.66. The van der Waals surface area contributed by atoms with E-state index in [1.165, 1.54) is 0 Å². The van der Waals surface area contributed by atoms with Gasteiger partial charge in [-0.15, -0.1) is 6.07 Å². The Morgan fingerprint density at radius 3 is 2.85 bits per heavy atom. The van der Waals surface area contributed by atoms with Gasteiger partial charge in [0.1, 0.15) is 18.5 Å². The first-order chi connectivity index (χ1) is 9.20. The molecule has 3 rings (SSSR count). The molecule has 1 aromatic carbocycles. The first-order valence-electron chi connectivity index (χ1n) is 6.79.